The van der Waals surface area contributed by atoms with E-state index < -0.39 is 0 Å². The summed E-state index contributed by atoms with van der Waals surface area (Å²) in [6, 6.07) is 0. The van der Waals surface area contributed by atoms with Crippen molar-refractivity contribution in [3.8, 4) is 0 Å². The minimum absolute atomic E-state index is 0. The first-order valence-corrected chi connectivity index (χ1v) is 8.22. The molecule has 0 saturated heterocycles. The minimum atomic E-state index is -0.226. The molecular formula is C10H15Cl4Rh-3. The molecule has 15 heavy (non-hydrogen) atoms. The molecule has 95 valence electrons. The Morgan fingerprint density at radius 1 is 1.07 bits per heavy atom. The molecule has 0 N–H and O–H groups in total. The second-order valence-electron chi connectivity index (χ2n) is 3.67. The second-order valence-corrected chi connectivity index (χ2v) is 6.16. The van der Waals surface area contributed by atoms with Crippen LogP contribution in [0.4, 0.5) is 0 Å². The first-order valence-electron chi connectivity index (χ1n) is 4.00. The van der Waals surface area contributed by atoms with E-state index in [-0.39, 0.29) is 45.4 Å². The summed E-state index contributed by atoms with van der Waals surface area (Å²) >= 11 is -0.226. The molecular weight excluding hydrogens is 365 g/mol. The zero-order valence-electron chi connectivity index (χ0n) is 9.35. The monoisotopic (exact) mass is 378 g/mol. The molecule has 0 nitrogen and oxygen atoms in total. The quantitative estimate of drug-likeness (QED) is 0.355. The van der Waals surface area contributed by atoms with Gasteiger partial charge in [-0.15, -0.1) is 6.92 Å². The fourth-order valence-corrected chi connectivity index (χ4v) is 1.41. The van der Waals surface area contributed by atoms with E-state index >= 15 is 0 Å². The zero-order valence-corrected chi connectivity index (χ0v) is 14.0. The molecule has 5 heteroatoms. The zero-order chi connectivity index (χ0) is 10.6. The van der Waals surface area contributed by atoms with E-state index in [0.29, 0.717) is 0 Å². The van der Waals surface area contributed by atoms with Crippen molar-refractivity contribution in [1.29, 1.82) is 0 Å². The topological polar surface area (TPSA) is 0 Å². The van der Waals surface area contributed by atoms with E-state index in [4.69, 9.17) is 19.4 Å². The third-order valence-electron chi connectivity index (χ3n) is 2.56. The Bertz CT molecular complexity index is 244. The summed E-state index contributed by atoms with van der Waals surface area (Å²) in [6.45, 7) is 10.9. The molecule has 0 amide bonds. The molecule has 0 atom stereocenters. The van der Waals surface area contributed by atoms with Crippen LogP contribution in [0.2, 0.25) is 0 Å². The standard InChI is InChI=1S/C10H15.4ClH.Rh/c1-7-6-10(4,5)9(3)8(7)2;;;;;/h1-5H3;4*1H;/q-1;;;;;+2/p-4. The number of allylic oxidation sites excluding steroid dienone is 4. The van der Waals surface area contributed by atoms with E-state index in [0.717, 1.165) is 0 Å². The molecule has 1 aliphatic rings. The molecule has 0 aromatic carbocycles. The Kier molecular flexibility index (Phi) is 13.4. The average Bonchev–Trinajstić information content (AvgIpc) is 2.16. The average molecular weight is 380 g/mol. The van der Waals surface area contributed by atoms with Gasteiger partial charge in [-0.25, -0.2) is 5.57 Å². The van der Waals surface area contributed by atoms with Gasteiger partial charge in [-0.05, 0) is 0 Å². The van der Waals surface area contributed by atoms with Crippen molar-refractivity contribution in [2.75, 3.05) is 0 Å². The van der Waals surface area contributed by atoms with Crippen LogP contribution < -0.4 is 24.8 Å². The third kappa shape index (κ3) is 6.54. The molecule has 0 aromatic heterocycles. The summed E-state index contributed by atoms with van der Waals surface area (Å²) in [5, 5.41) is 0. The van der Waals surface area contributed by atoms with Gasteiger partial charge in [0.2, 0.25) is 0 Å². The summed E-state index contributed by atoms with van der Waals surface area (Å²) in [5.74, 6) is 0. The van der Waals surface area contributed by atoms with Crippen molar-refractivity contribution < 1.29 is 40.0 Å². The van der Waals surface area contributed by atoms with Crippen molar-refractivity contribution in [2.24, 2.45) is 5.41 Å². The van der Waals surface area contributed by atoms with Gasteiger partial charge >= 0.3 is 34.5 Å². The number of hydrogen-bond donors (Lipinski definition) is 0. The van der Waals surface area contributed by atoms with Gasteiger partial charge in [0.05, 0.1) is 0 Å². The summed E-state index contributed by atoms with van der Waals surface area (Å²) < 4.78 is 0. The number of rotatable bonds is 0. The Labute approximate surface area is 121 Å². The predicted octanol–water partition coefficient (Wildman–Crippen LogP) is -1.50. The van der Waals surface area contributed by atoms with Gasteiger partial charge in [0.25, 0.3) is 0 Å². The molecule has 0 unspecified atom stereocenters. The van der Waals surface area contributed by atoms with Crippen molar-refractivity contribution in [3.05, 3.63) is 22.8 Å². The molecule has 0 saturated carbocycles. The molecule has 1 rings (SSSR count). The van der Waals surface area contributed by atoms with E-state index in [1.165, 1.54) is 16.7 Å². The Morgan fingerprint density at radius 2 is 1.40 bits per heavy atom. The summed E-state index contributed by atoms with van der Waals surface area (Å²) in [7, 11) is 9.67. The summed E-state index contributed by atoms with van der Waals surface area (Å²) in [6.07, 6.45) is 3.44. The van der Waals surface area contributed by atoms with Crippen LogP contribution in [0, 0.1) is 11.5 Å². The van der Waals surface area contributed by atoms with Crippen LogP contribution in [0.25, 0.3) is 0 Å². The van der Waals surface area contributed by atoms with Crippen LogP contribution >= 0.6 is 19.4 Å². The molecule has 1 aliphatic carbocycles. The van der Waals surface area contributed by atoms with E-state index in [2.05, 4.69) is 40.7 Å². The van der Waals surface area contributed by atoms with Crippen LogP contribution in [0.15, 0.2) is 16.7 Å². The van der Waals surface area contributed by atoms with E-state index in [9.17, 15) is 0 Å². The summed E-state index contributed by atoms with van der Waals surface area (Å²) in [4.78, 5) is 0. The fraction of sp³-hybridized carbons (Fsp3) is 0.600. The van der Waals surface area contributed by atoms with Crippen molar-refractivity contribution in [2.45, 2.75) is 34.6 Å². The van der Waals surface area contributed by atoms with Gasteiger partial charge in [-0.3, -0.25) is 6.08 Å². The molecule has 0 spiro atoms. The molecule has 0 fully saturated rings. The molecule has 0 bridgehead atoms. The van der Waals surface area contributed by atoms with Crippen LogP contribution in [-0.2, 0) is 15.1 Å². The van der Waals surface area contributed by atoms with Crippen molar-refractivity contribution >= 4 is 19.4 Å². The Balaban J connectivity index is -0.000000260. The maximum atomic E-state index is 4.83. The van der Waals surface area contributed by atoms with Gasteiger partial charge in [0.1, 0.15) is 0 Å². The Hall–Kier alpha value is 1.26. The normalized spacial score (nSPS) is 17.1. The van der Waals surface area contributed by atoms with Gasteiger partial charge in [0.15, 0.2) is 0 Å². The van der Waals surface area contributed by atoms with E-state index in [1.54, 1.807) is 0 Å². The SMILES string of the molecule is CC1=[C-]C(C)(C)C(C)=C1C.[Cl-].[Cl-].[Cl][Rh][Cl]. The van der Waals surface area contributed by atoms with Gasteiger partial charge in [-0.1, -0.05) is 33.1 Å². The van der Waals surface area contributed by atoms with Crippen molar-refractivity contribution in [1.82, 2.24) is 0 Å². The van der Waals surface area contributed by atoms with Crippen LogP contribution in [-0.4, -0.2) is 0 Å². The maximum absolute atomic E-state index is 4.83. The fourth-order valence-electron chi connectivity index (χ4n) is 1.41. The Morgan fingerprint density at radius 3 is 1.47 bits per heavy atom. The third-order valence-corrected chi connectivity index (χ3v) is 2.56. The summed E-state index contributed by atoms with van der Waals surface area (Å²) in [5.41, 5.74) is 4.39. The van der Waals surface area contributed by atoms with Gasteiger partial charge < -0.3 is 24.8 Å². The number of halogens is 4. The van der Waals surface area contributed by atoms with Gasteiger partial charge in [0, 0.05) is 0 Å². The van der Waals surface area contributed by atoms with Crippen LogP contribution in [0.1, 0.15) is 34.6 Å². The van der Waals surface area contributed by atoms with Gasteiger partial charge in [-0.2, -0.15) is 11.1 Å². The van der Waals surface area contributed by atoms with Crippen LogP contribution in [0.3, 0.4) is 0 Å². The van der Waals surface area contributed by atoms with Crippen molar-refractivity contribution in [3.63, 3.8) is 0 Å². The first-order chi connectivity index (χ1) is 5.86. The van der Waals surface area contributed by atoms with E-state index in [1.807, 2.05) is 0 Å². The molecule has 0 aliphatic heterocycles. The van der Waals surface area contributed by atoms with Crippen LogP contribution in [0.5, 0.6) is 0 Å². The second kappa shape index (κ2) is 9.31. The number of hydrogen-bond acceptors (Lipinski definition) is 0. The molecule has 0 heterocycles. The molecule has 0 radical (unpaired) electrons. The first kappa shape index (κ1) is 21.5. The predicted molar refractivity (Wildman–Crippen MR) is 56.3 cm³/mol. The molecule has 0 aromatic rings.